The van der Waals surface area contributed by atoms with Crippen LogP contribution in [0.5, 0.6) is 5.75 Å². The van der Waals surface area contributed by atoms with Gasteiger partial charge in [-0.05, 0) is 52.7 Å². The van der Waals surface area contributed by atoms with Crippen LogP contribution in [0.4, 0.5) is 33.5 Å². The van der Waals surface area contributed by atoms with E-state index in [0.717, 1.165) is 24.3 Å². The van der Waals surface area contributed by atoms with Crippen molar-refractivity contribution in [3.8, 4) is 5.75 Å². The van der Waals surface area contributed by atoms with Crippen molar-refractivity contribution < 1.29 is 36.6 Å². The molecule has 2 heterocycles. The fraction of sp³-hybridized carbons (Fsp3) is 0.333. The molecule has 2 N–H and O–H groups in total. The lowest BCUT2D eigenvalue weighted by molar-refractivity contribution is -0.360. The first-order valence-electron chi connectivity index (χ1n) is 8.60. The lowest BCUT2D eigenvalue weighted by Gasteiger charge is -2.20. The van der Waals surface area contributed by atoms with Crippen LogP contribution in [0.2, 0.25) is 0 Å². The van der Waals surface area contributed by atoms with Gasteiger partial charge in [-0.3, -0.25) is 4.79 Å². The molecule has 30 heavy (non-hydrogen) atoms. The van der Waals surface area contributed by atoms with Gasteiger partial charge in [0.15, 0.2) is 0 Å². The zero-order chi connectivity index (χ0) is 22.1. The Morgan fingerprint density at radius 2 is 1.90 bits per heavy atom. The summed E-state index contributed by atoms with van der Waals surface area (Å²) in [5.41, 5.74) is 0.347. The summed E-state index contributed by atoms with van der Waals surface area (Å²) in [4.78, 5) is 18.5. The van der Waals surface area contributed by atoms with Gasteiger partial charge in [-0.2, -0.15) is 22.0 Å². The molecule has 1 unspecified atom stereocenters. The van der Waals surface area contributed by atoms with Gasteiger partial charge in [0.05, 0.1) is 16.1 Å². The maximum absolute atomic E-state index is 12.9. The fourth-order valence-electron chi connectivity index (χ4n) is 2.74. The molecule has 0 saturated carbocycles. The molecule has 12 heteroatoms. The average Bonchev–Trinajstić information content (AvgIpc) is 3.08. The standard InChI is InChI=1S/C18H15BrF5N3O3/c19-14-7-10(8-25-15(14)27-6-5-12(28)9-27)16(29)26-11-1-3-13(4-2-11)30-18(23,24)17(20,21)22/h1-4,7-8,12,28H,5-6,9H2,(H,26,29). The Bertz CT molecular complexity index is 924. The summed E-state index contributed by atoms with van der Waals surface area (Å²) in [6, 6.07) is 5.55. The van der Waals surface area contributed by atoms with Crippen LogP contribution in [0.1, 0.15) is 16.8 Å². The van der Waals surface area contributed by atoms with Crippen molar-refractivity contribution in [1.29, 1.82) is 0 Å². The van der Waals surface area contributed by atoms with Crippen molar-refractivity contribution in [2.45, 2.75) is 24.8 Å². The molecule has 162 valence electrons. The number of hydrogen-bond acceptors (Lipinski definition) is 5. The SMILES string of the molecule is O=C(Nc1ccc(OC(F)(F)C(F)(F)F)cc1)c1cnc(N2CCC(O)C2)c(Br)c1. The number of halogens is 6. The van der Waals surface area contributed by atoms with E-state index < -0.39 is 30.0 Å². The van der Waals surface area contributed by atoms with E-state index in [4.69, 9.17) is 0 Å². The number of carbonyl (C=O) groups excluding carboxylic acids is 1. The molecule has 3 rings (SSSR count). The molecule has 1 aromatic carbocycles. The van der Waals surface area contributed by atoms with Crippen molar-refractivity contribution in [3.63, 3.8) is 0 Å². The minimum atomic E-state index is -5.85. The molecular weight excluding hydrogens is 481 g/mol. The van der Waals surface area contributed by atoms with Crippen LogP contribution in [-0.2, 0) is 0 Å². The number of anilines is 2. The molecule has 0 aliphatic carbocycles. The van der Waals surface area contributed by atoms with E-state index in [1.807, 2.05) is 4.90 Å². The van der Waals surface area contributed by atoms with Crippen molar-refractivity contribution in [3.05, 3.63) is 46.6 Å². The van der Waals surface area contributed by atoms with E-state index in [9.17, 15) is 31.9 Å². The zero-order valence-corrected chi connectivity index (χ0v) is 16.7. The minimum Gasteiger partial charge on any atom is -0.426 e. The summed E-state index contributed by atoms with van der Waals surface area (Å²) in [7, 11) is 0. The summed E-state index contributed by atoms with van der Waals surface area (Å²) in [5.74, 6) is -0.697. The highest BCUT2D eigenvalue weighted by molar-refractivity contribution is 9.10. The third-order valence-corrected chi connectivity index (χ3v) is 4.82. The number of aliphatic hydroxyl groups excluding tert-OH is 1. The second-order valence-electron chi connectivity index (χ2n) is 6.51. The van der Waals surface area contributed by atoms with Gasteiger partial charge >= 0.3 is 12.3 Å². The Kier molecular flexibility index (Phi) is 6.18. The second-order valence-corrected chi connectivity index (χ2v) is 7.37. The molecular formula is C18H15BrF5N3O3. The lowest BCUT2D eigenvalue weighted by atomic mass is 10.2. The number of rotatable bonds is 5. The van der Waals surface area contributed by atoms with Crippen LogP contribution < -0.4 is 15.0 Å². The quantitative estimate of drug-likeness (QED) is 0.608. The molecule has 1 fully saturated rings. The second kappa shape index (κ2) is 8.34. The molecule has 1 amide bonds. The number of aliphatic hydroxyl groups is 1. The first kappa shape index (κ1) is 22.2. The molecule has 0 spiro atoms. The number of pyridine rings is 1. The number of nitrogens with zero attached hydrogens (tertiary/aromatic N) is 2. The van der Waals surface area contributed by atoms with E-state index in [2.05, 4.69) is 31.0 Å². The molecule has 1 atom stereocenters. The molecule has 2 aromatic rings. The highest BCUT2D eigenvalue weighted by atomic mass is 79.9. The van der Waals surface area contributed by atoms with E-state index in [0.29, 0.717) is 29.8 Å². The molecule has 0 bridgehead atoms. The van der Waals surface area contributed by atoms with E-state index in [1.54, 1.807) is 0 Å². The van der Waals surface area contributed by atoms with Crippen molar-refractivity contribution in [1.82, 2.24) is 4.98 Å². The van der Waals surface area contributed by atoms with Crippen molar-refractivity contribution >= 4 is 33.3 Å². The monoisotopic (exact) mass is 495 g/mol. The van der Waals surface area contributed by atoms with Gasteiger partial charge < -0.3 is 20.1 Å². The number of β-amino-alcohol motifs (C(OH)–C–C–N with tert-alkyl or cyclic N) is 1. The van der Waals surface area contributed by atoms with E-state index in [-0.39, 0.29) is 11.3 Å². The number of nitrogens with one attached hydrogen (secondary N) is 1. The predicted molar refractivity (Wildman–Crippen MR) is 101 cm³/mol. The zero-order valence-electron chi connectivity index (χ0n) is 15.1. The smallest absolute Gasteiger partial charge is 0.426 e. The van der Waals surface area contributed by atoms with Gasteiger partial charge in [0, 0.05) is 25.0 Å². The maximum atomic E-state index is 12.9. The Morgan fingerprint density at radius 3 is 2.43 bits per heavy atom. The highest BCUT2D eigenvalue weighted by Crippen LogP contribution is 2.37. The molecule has 1 saturated heterocycles. The number of ether oxygens (including phenoxy) is 1. The average molecular weight is 496 g/mol. The first-order chi connectivity index (χ1) is 14.0. The van der Waals surface area contributed by atoms with Gasteiger partial charge in [0.1, 0.15) is 11.6 Å². The summed E-state index contributed by atoms with van der Waals surface area (Å²) < 4.78 is 66.6. The number of carbonyl (C=O) groups is 1. The molecule has 1 aromatic heterocycles. The fourth-order valence-corrected chi connectivity index (χ4v) is 3.34. The number of aromatic nitrogens is 1. The number of hydrogen-bond donors (Lipinski definition) is 2. The van der Waals surface area contributed by atoms with Gasteiger partial charge in [-0.1, -0.05) is 0 Å². The molecule has 6 nitrogen and oxygen atoms in total. The van der Waals surface area contributed by atoms with Crippen LogP contribution in [-0.4, -0.2) is 47.5 Å². The van der Waals surface area contributed by atoms with Gasteiger partial charge in [0.25, 0.3) is 5.91 Å². The normalized spacial score (nSPS) is 17.2. The van der Waals surface area contributed by atoms with Crippen molar-refractivity contribution in [2.75, 3.05) is 23.3 Å². The third kappa shape index (κ3) is 4.98. The van der Waals surface area contributed by atoms with Crippen LogP contribution in [0.15, 0.2) is 41.0 Å². The summed E-state index contributed by atoms with van der Waals surface area (Å²) >= 11 is 3.34. The number of amides is 1. The highest BCUT2D eigenvalue weighted by Gasteiger charge is 2.61. The van der Waals surface area contributed by atoms with E-state index >= 15 is 0 Å². The number of benzene rings is 1. The van der Waals surface area contributed by atoms with E-state index in [1.165, 1.54) is 12.3 Å². The molecule has 1 aliphatic heterocycles. The summed E-state index contributed by atoms with van der Waals surface area (Å²) in [6.07, 6.45) is -9.67. The largest absolute Gasteiger partial charge is 0.499 e. The summed E-state index contributed by atoms with van der Waals surface area (Å²) in [5, 5.41) is 12.1. The van der Waals surface area contributed by atoms with Crippen LogP contribution in [0.3, 0.4) is 0 Å². The Labute approximate surface area is 175 Å². The molecule has 0 radical (unpaired) electrons. The maximum Gasteiger partial charge on any atom is 0.499 e. The minimum absolute atomic E-state index is 0.158. The third-order valence-electron chi connectivity index (χ3n) is 4.24. The van der Waals surface area contributed by atoms with Gasteiger partial charge in [-0.25, -0.2) is 4.98 Å². The first-order valence-corrected chi connectivity index (χ1v) is 9.39. The lowest BCUT2D eigenvalue weighted by Crippen LogP contribution is -2.41. The predicted octanol–water partition coefficient (Wildman–Crippen LogP) is 4.20. The Morgan fingerprint density at radius 1 is 1.23 bits per heavy atom. The Balaban J connectivity index is 1.65. The van der Waals surface area contributed by atoms with Crippen molar-refractivity contribution in [2.24, 2.45) is 0 Å². The number of alkyl halides is 5. The van der Waals surface area contributed by atoms with Gasteiger partial charge in [0.2, 0.25) is 0 Å². The Hall–Kier alpha value is -2.47. The molecule has 1 aliphatic rings. The van der Waals surface area contributed by atoms with Gasteiger partial charge in [-0.15, -0.1) is 0 Å². The van der Waals surface area contributed by atoms with Crippen LogP contribution in [0, 0.1) is 0 Å². The van der Waals surface area contributed by atoms with Crippen LogP contribution >= 0.6 is 15.9 Å². The summed E-state index contributed by atoms with van der Waals surface area (Å²) in [6.45, 7) is 1.05. The van der Waals surface area contributed by atoms with Crippen LogP contribution in [0.25, 0.3) is 0 Å². The topological polar surface area (TPSA) is 74.7 Å².